The van der Waals surface area contributed by atoms with E-state index in [2.05, 4.69) is 5.32 Å². The van der Waals surface area contributed by atoms with E-state index < -0.39 is 5.41 Å². The van der Waals surface area contributed by atoms with Crippen LogP contribution in [0.5, 0.6) is 11.5 Å². The molecular formula is C24H20ClNO4. The third-order valence-corrected chi connectivity index (χ3v) is 5.58. The first-order valence-corrected chi connectivity index (χ1v) is 10.0. The Morgan fingerprint density at radius 2 is 1.77 bits per heavy atom. The molecular weight excluding hydrogens is 402 g/mol. The van der Waals surface area contributed by atoms with Crippen molar-refractivity contribution in [2.45, 2.75) is 24.7 Å². The Hall–Kier alpha value is -3.31. The summed E-state index contributed by atoms with van der Waals surface area (Å²) in [5.74, 6) is 0.0743. The number of aromatic hydroxyl groups is 1. The average Bonchev–Trinajstić information content (AvgIpc) is 3.01. The van der Waals surface area contributed by atoms with E-state index in [1.54, 1.807) is 66.7 Å². The zero-order valence-corrected chi connectivity index (χ0v) is 16.9. The van der Waals surface area contributed by atoms with Gasteiger partial charge in [0, 0.05) is 17.1 Å². The SMILES string of the molecule is O=C(CCCC1(c2ccc(O)cc2)C(=O)Nc2ccc(Cl)cc21)Oc1ccccc1. The van der Waals surface area contributed by atoms with Crippen LogP contribution in [0.3, 0.4) is 0 Å². The molecule has 4 rings (SSSR count). The number of benzene rings is 3. The van der Waals surface area contributed by atoms with E-state index in [4.69, 9.17) is 16.3 Å². The number of hydrogen-bond donors (Lipinski definition) is 2. The van der Waals surface area contributed by atoms with Crippen molar-refractivity contribution in [3.05, 3.63) is 88.9 Å². The molecule has 1 heterocycles. The van der Waals surface area contributed by atoms with Crippen molar-refractivity contribution in [3.8, 4) is 11.5 Å². The summed E-state index contributed by atoms with van der Waals surface area (Å²) in [6.07, 6.45) is 0.991. The lowest BCUT2D eigenvalue weighted by molar-refractivity contribution is -0.134. The molecule has 0 aromatic heterocycles. The first kappa shape index (κ1) is 20.0. The van der Waals surface area contributed by atoms with E-state index in [0.29, 0.717) is 29.3 Å². The van der Waals surface area contributed by atoms with Crippen molar-refractivity contribution in [1.82, 2.24) is 0 Å². The van der Waals surface area contributed by atoms with Gasteiger partial charge in [-0.25, -0.2) is 0 Å². The predicted octanol–water partition coefficient (Wildman–Crippen LogP) is 5.06. The minimum absolute atomic E-state index is 0.116. The molecule has 1 unspecified atom stereocenters. The number of carbonyl (C=O) groups is 2. The van der Waals surface area contributed by atoms with Crippen molar-refractivity contribution < 1.29 is 19.4 Å². The third-order valence-electron chi connectivity index (χ3n) is 5.34. The molecule has 0 aliphatic carbocycles. The second-order valence-corrected chi connectivity index (χ2v) is 7.67. The van der Waals surface area contributed by atoms with Crippen LogP contribution in [0.1, 0.15) is 30.4 Å². The van der Waals surface area contributed by atoms with Crippen molar-refractivity contribution in [2.24, 2.45) is 0 Å². The number of para-hydroxylation sites is 1. The second-order valence-electron chi connectivity index (χ2n) is 7.24. The van der Waals surface area contributed by atoms with Gasteiger partial charge in [-0.1, -0.05) is 41.9 Å². The maximum atomic E-state index is 13.2. The molecule has 0 fully saturated rings. The smallest absolute Gasteiger partial charge is 0.311 e. The fourth-order valence-corrected chi connectivity index (χ4v) is 4.10. The van der Waals surface area contributed by atoms with E-state index in [1.807, 2.05) is 6.07 Å². The van der Waals surface area contributed by atoms with Crippen molar-refractivity contribution >= 4 is 29.2 Å². The summed E-state index contributed by atoms with van der Waals surface area (Å²) >= 11 is 6.23. The van der Waals surface area contributed by atoms with Gasteiger partial charge in [0.25, 0.3) is 0 Å². The number of phenols is 1. The molecule has 0 radical (unpaired) electrons. The van der Waals surface area contributed by atoms with E-state index in [9.17, 15) is 14.7 Å². The zero-order chi connectivity index (χ0) is 21.1. The number of phenolic OH excluding ortho intramolecular Hbond substituents is 1. The van der Waals surface area contributed by atoms with Gasteiger partial charge in [0.05, 0.1) is 0 Å². The van der Waals surface area contributed by atoms with Crippen LogP contribution in [0.25, 0.3) is 0 Å². The van der Waals surface area contributed by atoms with Crippen LogP contribution in [-0.2, 0) is 15.0 Å². The number of esters is 1. The average molecular weight is 422 g/mol. The molecule has 1 amide bonds. The molecule has 5 nitrogen and oxygen atoms in total. The van der Waals surface area contributed by atoms with Crippen LogP contribution in [0.4, 0.5) is 5.69 Å². The summed E-state index contributed by atoms with van der Waals surface area (Å²) in [5, 5.41) is 13.2. The van der Waals surface area contributed by atoms with Gasteiger partial charge in [-0.3, -0.25) is 9.59 Å². The quantitative estimate of drug-likeness (QED) is 0.431. The number of rotatable bonds is 6. The van der Waals surface area contributed by atoms with E-state index >= 15 is 0 Å². The summed E-state index contributed by atoms with van der Waals surface area (Å²) in [6.45, 7) is 0. The van der Waals surface area contributed by atoms with Crippen molar-refractivity contribution in [2.75, 3.05) is 5.32 Å². The zero-order valence-electron chi connectivity index (χ0n) is 16.1. The number of ether oxygens (including phenoxy) is 1. The maximum Gasteiger partial charge on any atom is 0.311 e. The van der Waals surface area contributed by atoms with E-state index in [0.717, 1.165) is 11.1 Å². The minimum atomic E-state index is -0.999. The standard InChI is InChI=1S/C24H20ClNO4/c25-17-10-13-21-20(15-17)24(23(29)26-21,16-8-11-18(27)12-9-16)14-4-7-22(28)30-19-5-2-1-3-6-19/h1-3,5-6,8-13,15,27H,4,7,14H2,(H,26,29). The van der Waals surface area contributed by atoms with Crippen LogP contribution < -0.4 is 10.1 Å². The highest BCUT2D eigenvalue weighted by Gasteiger charge is 2.47. The highest BCUT2D eigenvalue weighted by molar-refractivity contribution is 6.31. The number of nitrogens with one attached hydrogen (secondary N) is 1. The van der Waals surface area contributed by atoms with Gasteiger partial charge in [-0.2, -0.15) is 0 Å². The van der Waals surface area contributed by atoms with Gasteiger partial charge in [0.2, 0.25) is 5.91 Å². The lowest BCUT2D eigenvalue weighted by atomic mass is 9.72. The monoisotopic (exact) mass is 421 g/mol. The number of halogens is 1. The van der Waals surface area contributed by atoms with Gasteiger partial charge >= 0.3 is 5.97 Å². The lowest BCUT2D eigenvalue weighted by Gasteiger charge is -2.28. The van der Waals surface area contributed by atoms with Crippen LogP contribution in [0.2, 0.25) is 5.02 Å². The van der Waals surface area contributed by atoms with Crippen LogP contribution in [0, 0.1) is 0 Å². The van der Waals surface area contributed by atoms with Gasteiger partial charge < -0.3 is 15.2 Å². The Balaban J connectivity index is 1.60. The lowest BCUT2D eigenvalue weighted by Crippen LogP contribution is -2.36. The van der Waals surface area contributed by atoms with Crippen LogP contribution in [-0.4, -0.2) is 17.0 Å². The van der Waals surface area contributed by atoms with Gasteiger partial charge in [-0.15, -0.1) is 0 Å². The van der Waals surface area contributed by atoms with Gasteiger partial charge in [0.1, 0.15) is 16.9 Å². The molecule has 152 valence electrons. The fraction of sp³-hybridized carbons (Fsp3) is 0.167. The van der Waals surface area contributed by atoms with Crippen molar-refractivity contribution in [1.29, 1.82) is 0 Å². The van der Waals surface area contributed by atoms with E-state index in [1.165, 1.54) is 0 Å². The topological polar surface area (TPSA) is 75.6 Å². The molecule has 6 heteroatoms. The maximum absolute atomic E-state index is 13.2. The summed E-state index contributed by atoms with van der Waals surface area (Å²) in [4.78, 5) is 25.5. The Kier molecular flexibility index (Phi) is 5.46. The Morgan fingerprint density at radius 1 is 1.03 bits per heavy atom. The minimum Gasteiger partial charge on any atom is -0.508 e. The number of amides is 1. The highest BCUT2D eigenvalue weighted by atomic mass is 35.5. The van der Waals surface area contributed by atoms with Crippen molar-refractivity contribution in [3.63, 3.8) is 0 Å². The molecule has 0 bridgehead atoms. The fourth-order valence-electron chi connectivity index (χ4n) is 3.92. The van der Waals surface area contributed by atoms with Crippen LogP contribution in [0.15, 0.2) is 72.8 Å². The number of anilines is 1. The van der Waals surface area contributed by atoms with Gasteiger partial charge in [-0.05, 0) is 66.4 Å². The molecule has 0 spiro atoms. The summed E-state index contributed by atoms with van der Waals surface area (Å²) < 4.78 is 5.36. The van der Waals surface area contributed by atoms with E-state index in [-0.39, 0.29) is 24.0 Å². The molecule has 1 aliphatic rings. The highest BCUT2D eigenvalue weighted by Crippen LogP contribution is 2.47. The summed E-state index contributed by atoms with van der Waals surface area (Å²) in [5.41, 5.74) is 1.20. The first-order valence-electron chi connectivity index (χ1n) is 9.66. The first-order chi connectivity index (χ1) is 14.5. The second kappa shape index (κ2) is 8.20. The molecule has 0 saturated heterocycles. The molecule has 0 saturated carbocycles. The van der Waals surface area contributed by atoms with Crippen LogP contribution >= 0.6 is 11.6 Å². The molecule has 3 aromatic carbocycles. The number of fused-ring (bicyclic) bond motifs is 1. The Morgan fingerprint density at radius 3 is 2.50 bits per heavy atom. The molecule has 1 atom stereocenters. The normalized spacial score (nSPS) is 17.3. The summed E-state index contributed by atoms with van der Waals surface area (Å²) in [6, 6.07) is 20.7. The number of carbonyl (C=O) groups excluding carboxylic acids is 2. The Labute approximate surface area is 179 Å². The molecule has 30 heavy (non-hydrogen) atoms. The molecule has 1 aliphatic heterocycles. The third kappa shape index (κ3) is 3.76. The largest absolute Gasteiger partial charge is 0.508 e. The predicted molar refractivity (Wildman–Crippen MR) is 115 cm³/mol. The number of hydrogen-bond acceptors (Lipinski definition) is 4. The molecule has 3 aromatic rings. The Bertz CT molecular complexity index is 1080. The molecule has 2 N–H and O–H groups in total. The van der Waals surface area contributed by atoms with Gasteiger partial charge in [0.15, 0.2) is 0 Å². The summed E-state index contributed by atoms with van der Waals surface area (Å²) in [7, 11) is 0.